The van der Waals surface area contributed by atoms with Gasteiger partial charge >= 0.3 is 6.09 Å². The molecule has 1 unspecified atom stereocenters. The topological polar surface area (TPSA) is 129 Å². The zero-order chi connectivity index (χ0) is 22.6. The van der Waals surface area contributed by atoms with E-state index in [9.17, 15) is 13.2 Å². The van der Waals surface area contributed by atoms with Crippen LogP contribution in [0.3, 0.4) is 0 Å². The lowest BCUT2D eigenvalue weighted by atomic mass is 9.91. The number of aromatic nitrogens is 2. The van der Waals surface area contributed by atoms with E-state index in [1.807, 2.05) is 0 Å². The van der Waals surface area contributed by atoms with Gasteiger partial charge in [-0.1, -0.05) is 24.4 Å². The molecule has 32 heavy (non-hydrogen) atoms. The predicted molar refractivity (Wildman–Crippen MR) is 118 cm³/mol. The smallest absolute Gasteiger partial charge is 0.407 e. The molecule has 3 aliphatic rings. The van der Waals surface area contributed by atoms with Gasteiger partial charge in [0.05, 0.1) is 5.75 Å². The van der Waals surface area contributed by atoms with Crippen molar-refractivity contribution in [1.29, 1.82) is 0 Å². The highest BCUT2D eigenvalue weighted by Crippen LogP contribution is 2.37. The van der Waals surface area contributed by atoms with Gasteiger partial charge in [-0.15, -0.1) is 0 Å². The predicted octanol–water partition coefficient (Wildman–Crippen LogP) is 1.83. The fourth-order valence-electron chi connectivity index (χ4n) is 5.22. The Morgan fingerprint density at radius 2 is 1.88 bits per heavy atom. The van der Waals surface area contributed by atoms with Gasteiger partial charge in [0.1, 0.15) is 0 Å². The largest absolute Gasteiger partial charge is 0.465 e. The van der Waals surface area contributed by atoms with Gasteiger partial charge in [-0.05, 0) is 44.6 Å². The van der Waals surface area contributed by atoms with Crippen LogP contribution in [0, 0.1) is 5.92 Å². The van der Waals surface area contributed by atoms with Crippen molar-refractivity contribution in [2.45, 2.75) is 62.7 Å². The second-order valence-corrected chi connectivity index (χ2v) is 11.6. The molecule has 1 aromatic rings. The standard InChI is InChI=1S/C21H35N5O5S/c27-20(28)26-14-12-25(13-15-26)11-8-18-23-19(24-31-18)21(9-4-5-10-22-21)32(29,30)16-17-6-2-1-3-7-17/h17,22H,1-16H2,(H,27,28). The minimum Gasteiger partial charge on any atom is -0.465 e. The summed E-state index contributed by atoms with van der Waals surface area (Å²) in [5.74, 6) is 1.07. The van der Waals surface area contributed by atoms with Crippen molar-refractivity contribution in [2.75, 3.05) is 45.0 Å². The molecule has 4 rings (SSSR count). The maximum Gasteiger partial charge on any atom is 0.407 e. The molecule has 1 saturated carbocycles. The maximum atomic E-state index is 13.6. The first kappa shape index (κ1) is 23.4. The molecule has 1 aromatic heterocycles. The molecule has 11 heteroatoms. The number of sulfone groups is 1. The molecule has 180 valence electrons. The average molecular weight is 470 g/mol. The zero-order valence-corrected chi connectivity index (χ0v) is 19.5. The number of rotatable bonds is 7. The fraction of sp³-hybridized carbons (Fsp3) is 0.857. The van der Waals surface area contributed by atoms with E-state index < -0.39 is 20.8 Å². The van der Waals surface area contributed by atoms with E-state index >= 15 is 0 Å². The minimum absolute atomic E-state index is 0.178. The summed E-state index contributed by atoms with van der Waals surface area (Å²) in [6.45, 7) is 3.59. The molecule has 3 fully saturated rings. The molecule has 1 atom stereocenters. The van der Waals surface area contributed by atoms with Crippen molar-refractivity contribution in [2.24, 2.45) is 5.92 Å². The fourth-order valence-corrected chi connectivity index (χ4v) is 7.59. The lowest BCUT2D eigenvalue weighted by Gasteiger charge is -2.36. The molecule has 0 bridgehead atoms. The molecule has 0 spiro atoms. The lowest BCUT2D eigenvalue weighted by molar-refractivity contribution is 0.105. The third-order valence-electron chi connectivity index (χ3n) is 7.19. The van der Waals surface area contributed by atoms with E-state index in [0.717, 1.165) is 38.5 Å². The van der Waals surface area contributed by atoms with Crippen molar-refractivity contribution >= 4 is 15.9 Å². The van der Waals surface area contributed by atoms with Gasteiger partial charge in [0.15, 0.2) is 14.7 Å². The van der Waals surface area contributed by atoms with Gasteiger partial charge in [0.25, 0.3) is 0 Å². The number of carbonyl (C=O) groups is 1. The van der Waals surface area contributed by atoms with E-state index in [1.54, 1.807) is 0 Å². The van der Waals surface area contributed by atoms with Gasteiger partial charge in [-0.2, -0.15) is 4.98 Å². The van der Waals surface area contributed by atoms with Crippen LogP contribution < -0.4 is 5.32 Å². The molecule has 2 aliphatic heterocycles. The summed E-state index contributed by atoms with van der Waals surface area (Å²) >= 11 is 0. The number of piperidine rings is 1. The highest BCUT2D eigenvalue weighted by Gasteiger charge is 2.50. The second kappa shape index (κ2) is 10.0. The van der Waals surface area contributed by atoms with Gasteiger partial charge in [0.2, 0.25) is 11.7 Å². The van der Waals surface area contributed by atoms with Crippen molar-refractivity contribution in [3.8, 4) is 0 Å². The average Bonchev–Trinajstić information content (AvgIpc) is 3.28. The minimum atomic E-state index is -3.50. The van der Waals surface area contributed by atoms with Crippen LogP contribution in [0.4, 0.5) is 4.79 Å². The third kappa shape index (κ3) is 5.09. The number of piperazine rings is 1. The first-order valence-electron chi connectivity index (χ1n) is 11.9. The van der Waals surface area contributed by atoms with Crippen LogP contribution in [0.5, 0.6) is 0 Å². The number of amides is 1. The summed E-state index contributed by atoms with van der Waals surface area (Å²) in [4.78, 5) is 17.9. The number of hydrogen-bond acceptors (Lipinski definition) is 8. The Hall–Kier alpha value is -1.72. The number of hydrogen-bond donors (Lipinski definition) is 2. The van der Waals surface area contributed by atoms with E-state index in [4.69, 9.17) is 9.63 Å². The van der Waals surface area contributed by atoms with Crippen LogP contribution in [-0.4, -0.2) is 84.6 Å². The van der Waals surface area contributed by atoms with E-state index in [0.29, 0.717) is 58.0 Å². The maximum absolute atomic E-state index is 13.6. The van der Waals surface area contributed by atoms with Crippen LogP contribution in [0.1, 0.15) is 63.1 Å². The zero-order valence-electron chi connectivity index (χ0n) is 18.7. The van der Waals surface area contributed by atoms with E-state index in [-0.39, 0.29) is 17.5 Å². The molecule has 1 amide bonds. The molecule has 10 nitrogen and oxygen atoms in total. The van der Waals surface area contributed by atoms with Crippen molar-refractivity contribution in [3.05, 3.63) is 11.7 Å². The Morgan fingerprint density at radius 3 is 2.53 bits per heavy atom. The van der Waals surface area contributed by atoms with Crippen LogP contribution >= 0.6 is 0 Å². The molecular weight excluding hydrogens is 434 g/mol. The molecule has 1 aliphatic carbocycles. The first-order chi connectivity index (χ1) is 15.4. The molecular formula is C21H35N5O5S. The Morgan fingerprint density at radius 1 is 1.12 bits per heavy atom. The molecule has 3 heterocycles. The first-order valence-corrected chi connectivity index (χ1v) is 13.6. The van der Waals surface area contributed by atoms with Crippen molar-refractivity contribution < 1.29 is 22.8 Å². The Balaban J connectivity index is 1.42. The number of nitrogens with one attached hydrogen (secondary N) is 1. The summed E-state index contributed by atoms with van der Waals surface area (Å²) in [5, 5.41) is 16.5. The number of nitrogens with zero attached hydrogens (tertiary/aromatic N) is 4. The van der Waals surface area contributed by atoms with Crippen LogP contribution in [-0.2, 0) is 21.1 Å². The molecule has 0 aromatic carbocycles. The van der Waals surface area contributed by atoms with E-state index in [1.165, 1.54) is 11.3 Å². The molecule has 0 radical (unpaired) electrons. The summed E-state index contributed by atoms with van der Waals surface area (Å²) in [7, 11) is -3.50. The third-order valence-corrected chi connectivity index (χ3v) is 9.69. The van der Waals surface area contributed by atoms with Crippen LogP contribution in [0.15, 0.2) is 4.52 Å². The van der Waals surface area contributed by atoms with Crippen molar-refractivity contribution in [3.63, 3.8) is 0 Å². The summed E-state index contributed by atoms with van der Waals surface area (Å²) in [6, 6.07) is 0. The van der Waals surface area contributed by atoms with Crippen molar-refractivity contribution in [1.82, 2.24) is 25.3 Å². The highest BCUT2D eigenvalue weighted by atomic mass is 32.2. The van der Waals surface area contributed by atoms with Gasteiger partial charge in [0, 0.05) is 39.1 Å². The molecule has 2 N–H and O–H groups in total. The van der Waals surface area contributed by atoms with Gasteiger partial charge in [-0.3, -0.25) is 10.2 Å². The van der Waals surface area contributed by atoms with Gasteiger partial charge < -0.3 is 14.5 Å². The Bertz CT molecular complexity index is 869. The lowest BCUT2D eigenvalue weighted by Crippen LogP contribution is -2.54. The summed E-state index contributed by atoms with van der Waals surface area (Å²) < 4.78 is 32.7. The van der Waals surface area contributed by atoms with Gasteiger partial charge in [-0.25, -0.2) is 13.2 Å². The SMILES string of the molecule is O=C(O)N1CCN(CCc2nc(C3(S(=O)(=O)CC4CCCCC4)CCCCN3)no2)CC1. The highest BCUT2D eigenvalue weighted by molar-refractivity contribution is 7.92. The second-order valence-electron chi connectivity index (χ2n) is 9.37. The summed E-state index contributed by atoms with van der Waals surface area (Å²) in [5.41, 5.74) is 0. The Kier molecular flexibility index (Phi) is 7.36. The monoisotopic (exact) mass is 469 g/mol. The normalized spacial score (nSPS) is 26.3. The molecule has 2 saturated heterocycles. The Labute approximate surface area is 189 Å². The summed E-state index contributed by atoms with van der Waals surface area (Å²) in [6.07, 6.45) is 7.20. The number of carboxylic acid groups (broad SMARTS) is 1. The quantitative estimate of drug-likeness (QED) is 0.614. The van der Waals surface area contributed by atoms with Crippen LogP contribution in [0.2, 0.25) is 0 Å². The van der Waals surface area contributed by atoms with Crippen LogP contribution in [0.25, 0.3) is 0 Å². The van der Waals surface area contributed by atoms with E-state index in [2.05, 4.69) is 20.4 Å².